The molecule has 9 heteroatoms. The third-order valence-corrected chi connectivity index (χ3v) is 7.79. The molecular weight excluding hydrogens is 426 g/mol. The van der Waals surface area contributed by atoms with Gasteiger partial charge in [-0.05, 0) is 44.1 Å². The van der Waals surface area contributed by atoms with Crippen molar-refractivity contribution >= 4 is 40.2 Å². The van der Waals surface area contributed by atoms with Crippen molar-refractivity contribution in [2.75, 3.05) is 18.0 Å². The number of H-pyrrole nitrogens is 1. The molecule has 3 heterocycles. The number of benzene rings is 1. The maximum Gasteiger partial charge on any atom is 0.202 e. The molecule has 1 aliphatic heterocycles. The molecule has 2 atom stereocenters. The number of fused-ring (bicyclic) bond motifs is 1. The number of nitrogens with two attached hydrogens (primary N) is 1. The lowest BCUT2D eigenvalue weighted by molar-refractivity contribution is 0.110. The van der Waals surface area contributed by atoms with Crippen LogP contribution in [-0.4, -0.2) is 45.0 Å². The van der Waals surface area contributed by atoms with Gasteiger partial charge in [0, 0.05) is 24.7 Å². The first-order valence-electron chi connectivity index (χ1n) is 10.2. The monoisotopic (exact) mass is 448 g/mol. The second-order valence-corrected chi connectivity index (χ2v) is 9.49. The molecule has 5 rings (SSSR count). The topological polar surface area (TPSA) is 83.7 Å². The average molecular weight is 449 g/mol. The summed E-state index contributed by atoms with van der Waals surface area (Å²) in [6.07, 6.45) is 4.87. The number of nitrogens with zero attached hydrogens (tertiary/aromatic N) is 4. The summed E-state index contributed by atoms with van der Waals surface area (Å²) < 4.78 is 14.6. The molecule has 6 nitrogen and oxygen atoms in total. The highest BCUT2D eigenvalue weighted by Crippen LogP contribution is 2.51. The number of piperidine rings is 1. The lowest BCUT2D eigenvalue weighted by Gasteiger charge is -2.43. The van der Waals surface area contributed by atoms with Crippen molar-refractivity contribution in [2.45, 2.75) is 44.3 Å². The quantitative estimate of drug-likeness (QED) is 0.589. The first-order chi connectivity index (χ1) is 14.3. The third-order valence-electron chi connectivity index (χ3n) is 6.98. The van der Waals surface area contributed by atoms with Crippen LogP contribution in [-0.2, 0) is 0 Å². The zero-order valence-corrected chi connectivity index (χ0v) is 18.1. The maximum atomic E-state index is 14.6. The maximum absolute atomic E-state index is 14.6. The van der Waals surface area contributed by atoms with Crippen LogP contribution in [0.15, 0.2) is 24.4 Å². The van der Waals surface area contributed by atoms with Gasteiger partial charge in [-0.15, -0.1) is 0 Å². The first-order valence-corrected chi connectivity index (χ1v) is 10.9. The summed E-state index contributed by atoms with van der Waals surface area (Å²) in [7, 11) is 0. The predicted octanol–water partition coefficient (Wildman–Crippen LogP) is 4.76. The van der Waals surface area contributed by atoms with Crippen molar-refractivity contribution in [3.63, 3.8) is 0 Å². The van der Waals surface area contributed by atoms with E-state index in [0.29, 0.717) is 33.3 Å². The number of nitrogens with one attached hydrogen (secondary N) is 1. The summed E-state index contributed by atoms with van der Waals surface area (Å²) in [6, 6.07) is 5.03. The predicted molar refractivity (Wildman–Crippen MR) is 118 cm³/mol. The van der Waals surface area contributed by atoms with Gasteiger partial charge in [0.25, 0.3) is 0 Å². The molecule has 0 radical (unpaired) electrons. The third kappa shape index (κ3) is 3.06. The Morgan fingerprint density at radius 3 is 2.67 bits per heavy atom. The lowest BCUT2D eigenvalue weighted by atomic mass is 9.73. The molecule has 3 N–H and O–H groups in total. The summed E-state index contributed by atoms with van der Waals surface area (Å²) >= 11 is 12.5. The molecule has 2 aliphatic rings. The second kappa shape index (κ2) is 7.04. The van der Waals surface area contributed by atoms with Gasteiger partial charge in [0.05, 0.1) is 21.9 Å². The van der Waals surface area contributed by atoms with E-state index in [2.05, 4.69) is 20.1 Å². The smallest absolute Gasteiger partial charge is 0.202 e. The van der Waals surface area contributed by atoms with Crippen molar-refractivity contribution in [1.82, 2.24) is 20.2 Å². The van der Waals surface area contributed by atoms with E-state index in [-0.39, 0.29) is 5.41 Å². The van der Waals surface area contributed by atoms with Gasteiger partial charge in [0.2, 0.25) is 5.65 Å². The van der Waals surface area contributed by atoms with Gasteiger partial charge in [-0.1, -0.05) is 35.3 Å². The van der Waals surface area contributed by atoms with Crippen LogP contribution in [0.3, 0.4) is 0 Å². The fourth-order valence-corrected chi connectivity index (χ4v) is 5.40. The van der Waals surface area contributed by atoms with Crippen LogP contribution in [0.25, 0.3) is 22.4 Å². The Hall–Kier alpha value is -1.96. The van der Waals surface area contributed by atoms with E-state index in [1.807, 2.05) is 12.1 Å². The van der Waals surface area contributed by atoms with Crippen LogP contribution in [0.4, 0.5) is 10.2 Å². The van der Waals surface area contributed by atoms with E-state index in [4.69, 9.17) is 33.9 Å². The van der Waals surface area contributed by atoms with E-state index in [0.717, 1.165) is 43.7 Å². The Morgan fingerprint density at radius 1 is 1.20 bits per heavy atom. The number of aromatic nitrogens is 4. The van der Waals surface area contributed by atoms with Crippen LogP contribution in [0, 0.1) is 5.41 Å². The highest BCUT2D eigenvalue weighted by Gasteiger charge is 2.54. The molecule has 3 aromatic rings. The Bertz CT molecular complexity index is 1110. The number of rotatable bonds is 2. The molecule has 1 spiro atoms. The van der Waals surface area contributed by atoms with Crippen LogP contribution >= 0.6 is 23.2 Å². The highest BCUT2D eigenvalue weighted by atomic mass is 35.5. The molecule has 30 heavy (non-hydrogen) atoms. The number of anilines is 1. The normalized spacial score (nSPS) is 26.0. The summed E-state index contributed by atoms with van der Waals surface area (Å²) in [5.41, 5.74) is 7.51. The lowest BCUT2D eigenvalue weighted by Crippen LogP contribution is -2.52. The van der Waals surface area contributed by atoms with E-state index >= 15 is 0 Å². The fraction of sp³-hybridized carbons (Fsp3) is 0.476. The van der Waals surface area contributed by atoms with Gasteiger partial charge >= 0.3 is 0 Å². The number of hydrogen-bond donors (Lipinski definition) is 2. The van der Waals surface area contributed by atoms with Crippen molar-refractivity contribution in [1.29, 1.82) is 0 Å². The minimum Gasteiger partial charge on any atom is -0.355 e. The van der Waals surface area contributed by atoms with E-state index in [1.165, 1.54) is 0 Å². The number of halogens is 3. The summed E-state index contributed by atoms with van der Waals surface area (Å²) in [4.78, 5) is 11.5. The fourth-order valence-electron chi connectivity index (χ4n) is 5.01. The molecule has 158 valence electrons. The Balaban J connectivity index is 1.39. The van der Waals surface area contributed by atoms with Crippen molar-refractivity contribution in [2.24, 2.45) is 11.1 Å². The van der Waals surface area contributed by atoms with Gasteiger partial charge in [-0.3, -0.25) is 5.10 Å². The average Bonchev–Trinajstić information content (AvgIpc) is 3.25. The molecule has 0 bridgehead atoms. The Labute approximate surface area is 184 Å². The van der Waals surface area contributed by atoms with Crippen LogP contribution in [0.1, 0.15) is 32.6 Å². The standard InChI is InChI=1S/C21H23Cl2FN6/c1-20(24)5-6-21(19(20)25)7-9-30(10-8-21)14-11-26-17-16(28-29-18(17)27-14)12-3-2-4-13(22)15(12)23/h2-4,11,19H,5-10,25H2,1H3,(H,27,28,29)/t19-,20?/m0/s1. The van der Waals surface area contributed by atoms with Gasteiger partial charge < -0.3 is 10.6 Å². The van der Waals surface area contributed by atoms with Crippen molar-refractivity contribution < 1.29 is 4.39 Å². The van der Waals surface area contributed by atoms with Crippen LogP contribution in [0.2, 0.25) is 10.0 Å². The van der Waals surface area contributed by atoms with Crippen molar-refractivity contribution in [3.8, 4) is 11.3 Å². The van der Waals surface area contributed by atoms with E-state index in [9.17, 15) is 4.39 Å². The summed E-state index contributed by atoms with van der Waals surface area (Å²) in [5, 5.41) is 8.23. The molecule has 2 fully saturated rings. The zero-order valence-electron chi connectivity index (χ0n) is 16.6. The van der Waals surface area contributed by atoms with Crippen LogP contribution in [0.5, 0.6) is 0 Å². The van der Waals surface area contributed by atoms with Crippen molar-refractivity contribution in [3.05, 3.63) is 34.4 Å². The summed E-state index contributed by atoms with van der Waals surface area (Å²) in [6.45, 7) is 3.20. The second-order valence-electron chi connectivity index (χ2n) is 8.71. The molecule has 2 aromatic heterocycles. The van der Waals surface area contributed by atoms with Gasteiger partial charge in [-0.2, -0.15) is 5.10 Å². The number of alkyl halides is 1. The zero-order chi connectivity index (χ0) is 21.1. The molecule has 1 aromatic carbocycles. The molecule has 0 amide bonds. The van der Waals surface area contributed by atoms with Gasteiger partial charge in [0.1, 0.15) is 17.0 Å². The molecule has 1 aliphatic carbocycles. The largest absolute Gasteiger partial charge is 0.355 e. The first kappa shape index (κ1) is 20.0. The van der Waals surface area contributed by atoms with Gasteiger partial charge in [0.15, 0.2) is 0 Å². The minimum absolute atomic E-state index is 0.111. The number of aromatic amines is 1. The molecule has 1 saturated carbocycles. The molecule has 1 unspecified atom stereocenters. The summed E-state index contributed by atoms with van der Waals surface area (Å²) in [5.74, 6) is 0.766. The van der Waals surface area contributed by atoms with Crippen LogP contribution < -0.4 is 10.6 Å². The van der Waals surface area contributed by atoms with E-state index in [1.54, 1.807) is 19.2 Å². The molecular formula is C21H23Cl2FN6. The Kier molecular flexibility index (Phi) is 4.69. The minimum atomic E-state index is -1.27. The SMILES string of the molecule is CC1(F)CCC2(CCN(c3cnc4c(-c5cccc(Cl)c5Cl)[nH]nc4n3)CC2)[C@H]1N. The van der Waals surface area contributed by atoms with Gasteiger partial charge in [-0.25, -0.2) is 14.4 Å². The number of hydrogen-bond acceptors (Lipinski definition) is 5. The highest BCUT2D eigenvalue weighted by molar-refractivity contribution is 6.43. The Morgan fingerprint density at radius 2 is 1.97 bits per heavy atom. The van der Waals surface area contributed by atoms with E-state index < -0.39 is 11.7 Å². The molecule has 1 saturated heterocycles.